The highest BCUT2D eigenvalue weighted by atomic mass is 32.1. The summed E-state index contributed by atoms with van der Waals surface area (Å²) in [6.45, 7) is -0.342. The number of hydrogen-bond donors (Lipinski definition) is 0. The van der Waals surface area contributed by atoms with Crippen LogP contribution in [0.3, 0.4) is 0 Å². The third kappa shape index (κ3) is 2.87. The van der Waals surface area contributed by atoms with E-state index in [9.17, 15) is 9.59 Å². The molecule has 13 heavy (non-hydrogen) atoms. The summed E-state index contributed by atoms with van der Waals surface area (Å²) in [6, 6.07) is 1.63. The Bertz CT molecular complexity index is 291. The molecule has 0 aliphatic rings. The maximum Gasteiger partial charge on any atom is 0.344 e. The van der Waals surface area contributed by atoms with Gasteiger partial charge in [0.1, 0.15) is 0 Å². The fourth-order valence-electron chi connectivity index (χ4n) is 0.647. The average Bonchev–Trinajstić information content (AvgIpc) is 2.66. The molecule has 0 amide bonds. The van der Waals surface area contributed by atoms with Crippen molar-refractivity contribution in [2.24, 2.45) is 0 Å². The van der Waals surface area contributed by atoms with Crippen molar-refractivity contribution < 1.29 is 19.1 Å². The zero-order chi connectivity index (χ0) is 9.68. The van der Waals surface area contributed by atoms with E-state index < -0.39 is 11.9 Å². The van der Waals surface area contributed by atoms with Crippen molar-refractivity contribution in [2.75, 3.05) is 13.7 Å². The van der Waals surface area contributed by atoms with Crippen LogP contribution in [-0.4, -0.2) is 25.7 Å². The van der Waals surface area contributed by atoms with Crippen molar-refractivity contribution in [3.8, 4) is 0 Å². The molecule has 0 aliphatic carbocycles. The molecule has 0 N–H and O–H groups in total. The lowest BCUT2D eigenvalue weighted by Crippen LogP contribution is -2.14. The first-order chi connectivity index (χ1) is 6.24. The molecule has 0 bridgehead atoms. The number of carbonyl (C=O) groups is 2. The summed E-state index contributed by atoms with van der Waals surface area (Å²) in [5, 5.41) is 3.41. The van der Waals surface area contributed by atoms with Gasteiger partial charge in [-0.15, -0.1) is 0 Å². The molecule has 1 heterocycles. The molecule has 4 nitrogen and oxygen atoms in total. The van der Waals surface area contributed by atoms with Gasteiger partial charge in [0.05, 0.1) is 12.7 Å². The van der Waals surface area contributed by atoms with Crippen molar-refractivity contribution in [3.63, 3.8) is 0 Å². The van der Waals surface area contributed by atoms with Gasteiger partial charge in [-0.1, -0.05) is 0 Å². The molecule has 0 unspecified atom stereocenters. The van der Waals surface area contributed by atoms with Gasteiger partial charge in [-0.05, 0) is 11.4 Å². The predicted molar refractivity (Wildman–Crippen MR) is 46.6 cm³/mol. The van der Waals surface area contributed by atoms with Gasteiger partial charge >= 0.3 is 11.9 Å². The van der Waals surface area contributed by atoms with Crippen molar-refractivity contribution in [3.05, 3.63) is 22.4 Å². The van der Waals surface area contributed by atoms with Crippen LogP contribution >= 0.6 is 11.3 Å². The van der Waals surface area contributed by atoms with Gasteiger partial charge in [0, 0.05) is 5.38 Å². The van der Waals surface area contributed by atoms with Gasteiger partial charge in [0.25, 0.3) is 0 Å². The highest BCUT2D eigenvalue weighted by molar-refractivity contribution is 7.08. The molecule has 0 aromatic carbocycles. The summed E-state index contributed by atoms with van der Waals surface area (Å²) in [7, 11) is 1.24. The Morgan fingerprint density at radius 1 is 1.54 bits per heavy atom. The Labute approximate surface area is 79.1 Å². The molecule has 0 saturated carbocycles. The largest absolute Gasteiger partial charge is 0.466 e. The van der Waals surface area contributed by atoms with Gasteiger partial charge in [-0.3, -0.25) is 0 Å². The Morgan fingerprint density at radius 3 is 2.85 bits per heavy atom. The molecule has 70 valence electrons. The summed E-state index contributed by atoms with van der Waals surface area (Å²) in [5.74, 6) is -1.07. The minimum Gasteiger partial charge on any atom is -0.466 e. The van der Waals surface area contributed by atoms with E-state index >= 15 is 0 Å². The molecule has 0 radical (unpaired) electrons. The Balaban J connectivity index is 2.39. The summed E-state index contributed by atoms with van der Waals surface area (Å²) in [4.78, 5) is 21.7. The maximum atomic E-state index is 11.1. The minimum absolute atomic E-state index is 0.342. The van der Waals surface area contributed by atoms with Crippen LogP contribution in [-0.2, 0) is 14.3 Å². The average molecular weight is 200 g/mol. The third-order valence-corrected chi connectivity index (χ3v) is 1.99. The van der Waals surface area contributed by atoms with Gasteiger partial charge in [0.15, 0.2) is 6.61 Å². The second-order valence-electron chi connectivity index (χ2n) is 2.16. The molecule has 1 aromatic rings. The first-order valence-electron chi connectivity index (χ1n) is 3.50. The predicted octanol–water partition coefficient (Wildman–Crippen LogP) is 1.08. The zero-order valence-electron chi connectivity index (χ0n) is 6.98. The number of carbonyl (C=O) groups excluding carboxylic acids is 2. The van der Waals surface area contributed by atoms with Crippen LogP contribution in [0.2, 0.25) is 0 Å². The highest BCUT2D eigenvalue weighted by Gasteiger charge is 2.09. The fourth-order valence-corrected chi connectivity index (χ4v) is 1.27. The van der Waals surface area contributed by atoms with E-state index in [4.69, 9.17) is 0 Å². The van der Waals surface area contributed by atoms with E-state index in [1.807, 2.05) is 0 Å². The maximum absolute atomic E-state index is 11.1. The topological polar surface area (TPSA) is 52.6 Å². The molecular weight excluding hydrogens is 192 g/mol. The van der Waals surface area contributed by atoms with Crippen molar-refractivity contribution >= 4 is 23.3 Å². The van der Waals surface area contributed by atoms with Gasteiger partial charge < -0.3 is 9.47 Å². The van der Waals surface area contributed by atoms with Crippen molar-refractivity contribution in [1.82, 2.24) is 0 Å². The van der Waals surface area contributed by atoms with Crippen molar-refractivity contribution in [2.45, 2.75) is 0 Å². The SMILES string of the molecule is COC(=O)COC(=O)c1ccsc1. The Kier molecular flexibility index (Phi) is 3.45. The highest BCUT2D eigenvalue weighted by Crippen LogP contribution is 2.07. The number of hydrogen-bond acceptors (Lipinski definition) is 5. The van der Waals surface area contributed by atoms with Crippen LogP contribution in [0.15, 0.2) is 16.8 Å². The first kappa shape index (κ1) is 9.73. The van der Waals surface area contributed by atoms with E-state index in [-0.39, 0.29) is 6.61 Å². The molecule has 0 aliphatic heterocycles. The van der Waals surface area contributed by atoms with Crippen LogP contribution in [0, 0.1) is 0 Å². The van der Waals surface area contributed by atoms with E-state index in [1.54, 1.807) is 16.8 Å². The number of ether oxygens (including phenoxy) is 2. The van der Waals surface area contributed by atoms with Crippen LogP contribution in [0.4, 0.5) is 0 Å². The van der Waals surface area contributed by atoms with Crippen molar-refractivity contribution in [1.29, 1.82) is 0 Å². The number of esters is 2. The Hall–Kier alpha value is -1.36. The third-order valence-electron chi connectivity index (χ3n) is 1.31. The first-order valence-corrected chi connectivity index (χ1v) is 4.44. The fraction of sp³-hybridized carbons (Fsp3) is 0.250. The second-order valence-corrected chi connectivity index (χ2v) is 2.94. The molecule has 0 spiro atoms. The zero-order valence-corrected chi connectivity index (χ0v) is 7.80. The van der Waals surface area contributed by atoms with E-state index in [1.165, 1.54) is 18.4 Å². The summed E-state index contributed by atoms with van der Waals surface area (Å²) < 4.78 is 8.94. The van der Waals surface area contributed by atoms with Crippen LogP contribution < -0.4 is 0 Å². The lowest BCUT2D eigenvalue weighted by molar-refractivity contribution is -0.144. The monoisotopic (exact) mass is 200 g/mol. The summed E-state index contributed by atoms with van der Waals surface area (Å²) in [5.41, 5.74) is 0.453. The second kappa shape index (κ2) is 4.61. The number of methoxy groups -OCH3 is 1. The van der Waals surface area contributed by atoms with Gasteiger partial charge in [-0.2, -0.15) is 11.3 Å². The van der Waals surface area contributed by atoms with Gasteiger partial charge in [-0.25, -0.2) is 9.59 Å². The molecular formula is C8H8O4S. The van der Waals surface area contributed by atoms with Crippen LogP contribution in [0.5, 0.6) is 0 Å². The Morgan fingerprint density at radius 2 is 2.31 bits per heavy atom. The molecule has 0 atom stereocenters. The van der Waals surface area contributed by atoms with Crippen LogP contribution in [0.1, 0.15) is 10.4 Å². The van der Waals surface area contributed by atoms with Crippen LogP contribution in [0.25, 0.3) is 0 Å². The molecule has 1 rings (SSSR count). The quantitative estimate of drug-likeness (QED) is 0.685. The molecule has 0 fully saturated rings. The molecule has 1 aromatic heterocycles. The summed E-state index contributed by atoms with van der Waals surface area (Å²) >= 11 is 1.39. The minimum atomic E-state index is -0.566. The normalized spacial score (nSPS) is 9.31. The number of thiophene rings is 1. The molecule has 5 heteroatoms. The molecule has 0 saturated heterocycles. The summed E-state index contributed by atoms with van der Waals surface area (Å²) in [6.07, 6.45) is 0. The lowest BCUT2D eigenvalue weighted by atomic mass is 10.3. The van der Waals surface area contributed by atoms with Gasteiger partial charge in [0.2, 0.25) is 0 Å². The van der Waals surface area contributed by atoms with E-state index in [0.29, 0.717) is 5.56 Å². The van der Waals surface area contributed by atoms with E-state index in [2.05, 4.69) is 9.47 Å². The lowest BCUT2D eigenvalue weighted by Gasteiger charge is -2.00. The van der Waals surface area contributed by atoms with E-state index in [0.717, 1.165) is 0 Å². The number of rotatable bonds is 3. The standard InChI is InChI=1S/C8H8O4S/c1-11-7(9)4-12-8(10)6-2-3-13-5-6/h2-3,5H,4H2,1H3. The smallest absolute Gasteiger partial charge is 0.344 e.